The van der Waals surface area contributed by atoms with E-state index in [0.29, 0.717) is 19.4 Å². The highest BCUT2D eigenvalue weighted by Crippen LogP contribution is 2.65. The molecule has 0 aromatic heterocycles. The number of carbonyl (C=O) groups is 3. The molecule has 0 unspecified atom stereocenters. The second kappa shape index (κ2) is 8.48. The number of nitrogens with one attached hydrogen (secondary N) is 1. The molecule has 1 aromatic carbocycles. The van der Waals surface area contributed by atoms with E-state index >= 15 is 0 Å². The van der Waals surface area contributed by atoms with Crippen molar-refractivity contribution in [1.82, 2.24) is 4.90 Å². The van der Waals surface area contributed by atoms with Gasteiger partial charge in [0.1, 0.15) is 5.41 Å². The molecule has 1 saturated carbocycles. The Kier molecular flexibility index (Phi) is 5.99. The van der Waals surface area contributed by atoms with Gasteiger partial charge in [0.15, 0.2) is 0 Å². The predicted molar refractivity (Wildman–Crippen MR) is 121 cm³/mol. The average Bonchev–Trinajstić information content (AvgIpc) is 3.14. The maximum absolute atomic E-state index is 13.7. The lowest BCUT2D eigenvalue weighted by Crippen LogP contribution is -2.74. The molecule has 0 spiro atoms. The summed E-state index contributed by atoms with van der Waals surface area (Å²) in [5.74, 6) is -1.28. The van der Waals surface area contributed by atoms with Gasteiger partial charge in [-0.05, 0) is 31.4 Å². The lowest BCUT2D eigenvalue weighted by atomic mass is 9.44. The number of benzene rings is 1. The summed E-state index contributed by atoms with van der Waals surface area (Å²) in [6.45, 7) is 4.84. The van der Waals surface area contributed by atoms with Gasteiger partial charge < -0.3 is 24.8 Å². The fourth-order valence-corrected chi connectivity index (χ4v) is 6.82. The number of amides is 1. The summed E-state index contributed by atoms with van der Waals surface area (Å²) in [7, 11) is 1.34. The van der Waals surface area contributed by atoms with Crippen molar-refractivity contribution in [2.24, 2.45) is 11.3 Å². The van der Waals surface area contributed by atoms with E-state index in [1.807, 2.05) is 42.2 Å². The van der Waals surface area contributed by atoms with Gasteiger partial charge in [0.25, 0.3) is 0 Å². The van der Waals surface area contributed by atoms with Crippen molar-refractivity contribution in [3.05, 3.63) is 41.5 Å². The van der Waals surface area contributed by atoms with Crippen LogP contribution in [0.3, 0.4) is 0 Å². The topological polar surface area (TPSA) is 105 Å². The average molecular weight is 457 g/mol. The lowest BCUT2D eigenvalue weighted by Gasteiger charge is -2.63. The SMILES string of the molecule is C/C=C1/CN(C(C)=O)[C@H]2C[C@@H]1[C@@](CO)(C(=O)OC)[C@]1(CCOC(C)=O)c3ccccc3N[C@H]21. The minimum Gasteiger partial charge on any atom is -0.468 e. The summed E-state index contributed by atoms with van der Waals surface area (Å²) in [5.41, 5.74) is 0.377. The maximum Gasteiger partial charge on any atom is 0.315 e. The van der Waals surface area contributed by atoms with Gasteiger partial charge >= 0.3 is 11.9 Å². The van der Waals surface area contributed by atoms with E-state index in [0.717, 1.165) is 16.8 Å². The van der Waals surface area contributed by atoms with Crippen LogP contribution in [0.4, 0.5) is 5.69 Å². The van der Waals surface area contributed by atoms with Crippen LogP contribution in [0.15, 0.2) is 35.9 Å². The van der Waals surface area contributed by atoms with E-state index < -0.39 is 29.4 Å². The third kappa shape index (κ3) is 3.10. The number of hydrogen-bond acceptors (Lipinski definition) is 7. The Morgan fingerprint density at radius 1 is 1.27 bits per heavy atom. The standard InChI is InChI=1S/C25H32N2O6/c1-5-17-13-27(15(2)29)21-12-19(17)25(14-28,23(31)32-4)24(10-11-33-16(3)30)18-8-6-7-9-20(18)26-22(21)24/h5-9,19,21-22,26,28H,10-14H2,1-4H3/b17-5-/t19-,21-,22+,24+,25-/m0/s1. The number of aliphatic hydroxyl groups excluding tert-OH is 1. The Hall–Kier alpha value is -2.87. The largest absolute Gasteiger partial charge is 0.468 e. The van der Waals surface area contributed by atoms with Crippen LogP contribution in [0.1, 0.15) is 39.2 Å². The number of fused-ring (bicyclic) bond motifs is 6. The molecule has 3 aliphatic rings. The van der Waals surface area contributed by atoms with E-state index in [1.54, 1.807) is 6.92 Å². The molecule has 1 aromatic rings. The first kappa shape index (κ1) is 23.3. The first-order chi connectivity index (χ1) is 15.8. The summed E-state index contributed by atoms with van der Waals surface area (Å²) >= 11 is 0. The first-order valence-electron chi connectivity index (χ1n) is 11.4. The molecule has 2 heterocycles. The minimum atomic E-state index is -1.31. The fraction of sp³-hybridized carbons (Fsp3) is 0.560. The van der Waals surface area contributed by atoms with Gasteiger partial charge in [-0.3, -0.25) is 14.4 Å². The van der Waals surface area contributed by atoms with Gasteiger partial charge in [-0.1, -0.05) is 29.8 Å². The van der Waals surface area contributed by atoms with Gasteiger partial charge in [0.2, 0.25) is 5.91 Å². The Morgan fingerprint density at radius 3 is 2.61 bits per heavy atom. The normalized spacial score (nSPS) is 33.1. The molecular weight excluding hydrogens is 424 g/mol. The summed E-state index contributed by atoms with van der Waals surface area (Å²) < 4.78 is 10.7. The smallest absolute Gasteiger partial charge is 0.315 e. The molecule has 2 fully saturated rings. The van der Waals surface area contributed by atoms with Crippen LogP contribution in [0.5, 0.6) is 0 Å². The third-order valence-electron chi connectivity index (χ3n) is 8.08. The molecule has 1 aliphatic carbocycles. The second-order valence-corrected chi connectivity index (χ2v) is 9.22. The number of carbonyl (C=O) groups excluding carboxylic acids is 3. The zero-order valence-corrected chi connectivity index (χ0v) is 19.6. The fourth-order valence-electron chi connectivity index (χ4n) is 6.82. The Balaban J connectivity index is 2.02. The highest BCUT2D eigenvalue weighted by molar-refractivity contribution is 5.85. The Labute approximate surface area is 193 Å². The molecule has 5 atom stereocenters. The van der Waals surface area contributed by atoms with Gasteiger partial charge in [-0.2, -0.15) is 0 Å². The zero-order chi connectivity index (χ0) is 24.0. The molecule has 8 nitrogen and oxygen atoms in total. The summed E-state index contributed by atoms with van der Waals surface area (Å²) in [6.07, 6.45) is 2.76. The van der Waals surface area contributed by atoms with E-state index in [-0.39, 0.29) is 30.5 Å². The molecular formula is C25H32N2O6. The third-order valence-corrected chi connectivity index (χ3v) is 8.08. The van der Waals surface area contributed by atoms with Crippen LogP contribution >= 0.6 is 0 Å². The zero-order valence-electron chi connectivity index (χ0n) is 19.6. The second-order valence-electron chi connectivity index (χ2n) is 9.22. The number of hydrogen-bond donors (Lipinski definition) is 2. The number of esters is 2. The van der Waals surface area contributed by atoms with Crippen LogP contribution in [0, 0.1) is 11.3 Å². The molecule has 2 N–H and O–H groups in total. The summed E-state index contributed by atoms with van der Waals surface area (Å²) in [4.78, 5) is 39.9. The van der Waals surface area contributed by atoms with E-state index in [1.165, 1.54) is 14.0 Å². The minimum absolute atomic E-state index is 0.0426. The Morgan fingerprint density at radius 2 is 2.00 bits per heavy atom. The maximum atomic E-state index is 13.7. The van der Waals surface area contributed by atoms with Crippen molar-refractivity contribution >= 4 is 23.5 Å². The molecule has 1 saturated heterocycles. The number of nitrogens with zero attached hydrogens (tertiary/aromatic N) is 1. The molecule has 4 rings (SSSR count). The highest BCUT2D eigenvalue weighted by atomic mass is 16.5. The number of para-hydroxylation sites is 1. The van der Waals surface area contributed by atoms with Gasteiger partial charge in [0.05, 0.1) is 32.4 Å². The number of rotatable bonds is 5. The first-order valence-corrected chi connectivity index (χ1v) is 11.4. The number of ether oxygens (including phenoxy) is 2. The van der Waals surface area contributed by atoms with Gasteiger partial charge in [0, 0.05) is 37.4 Å². The van der Waals surface area contributed by atoms with Crippen LogP contribution in [0.25, 0.3) is 0 Å². The number of aliphatic hydroxyl groups is 1. The summed E-state index contributed by atoms with van der Waals surface area (Å²) in [5, 5.41) is 14.6. The van der Waals surface area contributed by atoms with E-state index in [4.69, 9.17) is 9.47 Å². The highest BCUT2D eigenvalue weighted by Gasteiger charge is 2.73. The molecule has 2 bridgehead atoms. The molecule has 8 heteroatoms. The van der Waals surface area contributed by atoms with E-state index in [2.05, 4.69) is 5.32 Å². The quantitative estimate of drug-likeness (QED) is 0.516. The van der Waals surface area contributed by atoms with Gasteiger partial charge in [-0.25, -0.2) is 0 Å². The predicted octanol–water partition coefficient (Wildman–Crippen LogP) is 2.02. The van der Waals surface area contributed by atoms with E-state index in [9.17, 15) is 19.5 Å². The molecule has 33 heavy (non-hydrogen) atoms. The van der Waals surface area contributed by atoms with Crippen molar-refractivity contribution < 1.29 is 29.0 Å². The number of methoxy groups -OCH3 is 1. The van der Waals surface area contributed by atoms with Crippen LogP contribution in [0.2, 0.25) is 0 Å². The van der Waals surface area contributed by atoms with Crippen LogP contribution < -0.4 is 5.32 Å². The lowest BCUT2D eigenvalue weighted by molar-refractivity contribution is -0.180. The number of anilines is 1. The van der Waals surface area contributed by atoms with Crippen LogP contribution in [-0.2, 0) is 29.3 Å². The Bertz CT molecular complexity index is 1010. The van der Waals surface area contributed by atoms with Crippen molar-refractivity contribution in [3.8, 4) is 0 Å². The number of likely N-dealkylation sites (tertiary alicyclic amines) is 1. The number of piperidine rings is 1. The number of allylic oxidation sites excluding steroid dienone is 1. The molecule has 0 radical (unpaired) electrons. The molecule has 178 valence electrons. The monoisotopic (exact) mass is 456 g/mol. The van der Waals surface area contributed by atoms with Crippen molar-refractivity contribution in [3.63, 3.8) is 0 Å². The van der Waals surface area contributed by atoms with Crippen molar-refractivity contribution in [1.29, 1.82) is 0 Å². The molecule has 1 amide bonds. The van der Waals surface area contributed by atoms with Crippen molar-refractivity contribution in [2.75, 3.05) is 32.2 Å². The summed E-state index contributed by atoms with van der Waals surface area (Å²) in [6, 6.07) is 7.14. The van der Waals surface area contributed by atoms with Crippen molar-refractivity contribution in [2.45, 2.75) is 51.1 Å². The molecule has 2 aliphatic heterocycles. The van der Waals surface area contributed by atoms with Gasteiger partial charge in [-0.15, -0.1) is 0 Å². The van der Waals surface area contributed by atoms with Crippen LogP contribution in [-0.4, -0.2) is 66.8 Å².